The molecule has 0 atom stereocenters. The van der Waals surface area contributed by atoms with Crippen LogP contribution >= 0.6 is 22.6 Å². The number of benzene rings is 1. The van der Waals surface area contributed by atoms with E-state index in [9.17, 15) is 0 Å². The van der Waals surface area contributed by atoms with Crippen LogP contribution in [0.3, 0.4) is 0 Å². The maximum atomic E-state index is 5.63. The number of ether oxygens (including phenoxy) is 2. The van der Waals surface area contributed by atoms with Crippen molar-refractivity contribution in [3.05, 3.63) is 17.7 Å². The minimum atomic E-state index is 0.652. The molecule has 0 spiro atoms. The van der Waals surface area contributed by atoms with E-state index in [2.05, 4.69) is 32.8 Å². The van der Waals surface area contributed by atoms with Crippen molar-refractivity contribution < 1.29 is 9.47 Å². The summed E-state index contributed by atoms with van der Waals surface area (Å²) >= 11 is 2.32. The Balaban J connectivity index is 3.15. The zero-order chi connectivity index (χ0) is 11.3. The summed E-state index contributed by atoms with van der Waals surface area (Å²) in [5.74, 6) is 1.69. The highest BCUT2D eigenvalue weighted by Gasteiger charge is 2.12. The Hall–Kier alpha value is -0.233. The van der Waals surface area contributed by atoms with Gasteiger partial charge in [-0.1, -0.05) is 33.8 Å². The second kappa shape index (κ2) is 6.37. The van der Waals surface area contributed by atoms with E-state index in [0.717, 1.165) is 26.7 Å². The van der Waals surface area contributed by atoms with Crippen molar-refractivity contribution >= 4 is 38.0 Å². The van der Waals surface area contributed by atoms with Gasteiger partial charge < -0.3 is 9.47 Å². The summed E-state index contributed by atoms with van der Waals surface area (Å²) in [4.78, 5) is 0. The first-order chi connectivity index (χ1) is 7.24. The molecule has 0 aromatic heterocycles. The van der Waals surface area contributed by atoms with Crippen LogP contribution in [0.25, 0.3) is 0 Å². The lowest BCUT2D eigenvalue weighted by Gasteiger charge is -2.15. The number of alkyl halides is 1. The predicted molar refractivity (Wildman–Crippen MR) is 71.9 cm³/mol. The molecule has 81 valence electrons. The van der Waals surface area contributed by atoms with Crippen LogP contribution in [0.4, 0.5) is 0 Å². The van der Waals surface area contributed by atoms with Crippen molar-refractivity contribution in [1.29, 1.82) is 0 Å². The van der Waals surface area contributed by atoms with E-state index in [1.165, 1.54) is 0 Å². The van der Waals surface area contributed by atoms with E-state index in [0.29, 0.717) is 13.2 Å². The van der Waals surface area contributed by atoms with Gasteiger partial charge in [0.05, 0.1) is 23.5 Å². The molecule has 0 aliphatic rings. The van der Waals surface area contributed by atoms with Crippen molar-refractivity contribution in [2.45, 2.75) is 18.3 Å². The normalized spacial score (nSPS) is 10.1. The lowest BCUT2D eigenvalue weighted by atomic mass is 10.2. The Morgan fingerprint density at radius 2 is 1.87 bits per heavy atom. The molecule has 2 nitrogen and oxygen atoms in total. The fraction of sp³-hybridized carbons (Fsp3) is 0.455. The van der Waals surface area contributed by atoms with E-state index >= 15 is 0 Å². The SMILES string of the molecule is CCOc1ccc([Si])c(CI)c1OCC. The molecule has 0 unspecified atom stereocenters. The monoisotopic (exact) mass is 333 g/mol. The van der Waals surface area contributed by atoms with Gasteiger partial charge in [0, 0.05) is 9.99 Å². The molecular formula is C11H14IO2Si. The largest absolute Gasteiger partial charge is 0.490 e. The lowest BCUT2D eigenvalue weighted by molar-refractivity contribution is 0.286. The molecule has 3 radical (unpaired) electrons. The summed E-state index contributed by atoms with van der Waals surface area (Å²) < 4.78 is 12.1. The van der Waals surface area contributed by atoms with Crippen molar-refractivity contribution in [2.75, 3.05) is 13.2 Å². The molecule has 1 aromatic rings. The molecular weight excluding hydrogens is 319 g/mol. The molecule has 0 heterocycles. The lowest BCUT2D eigenvalue weighted by Crippen LogP contribution is -2.12. The fourth-order valence-corrected chi connectivity index (χ4v) is 2.71. The molecule has 0 bridgehead atoms. The Labute approximate surface area is 108 Å². The standard InChI is InChI=1S/C11H14IO2Si/c1-3-13-9-5-6-10(15)8(7-12)11(9)14-4-2/h5-6H,3-4,7H2,1-2H3. The molecule has 0 amide bonds. The minimum Gasteiger partial charge on any atom is -0.490 e. The fourth-order valence-electron chi connectivity index (χ4n) is 1.31. The van der Waals surface area contributed by atoms with Gasteiger partial charge in [0.25, 0.3) is 0 Å². The van der Waals surface area contributed by atoms with Crippen LogP contribution in [0, 0.1) is 0 Å². The summed E-state index contributed by atoms with van der Waals surface area (Å²) in [6.45, 7) is 5.26. The minimum absolute atomic E-state index is 0.652. The van der Waals surface area contributed by atoms with E-state index in [1.807, 2.05) is 26.0 Å². The zero-order valence-corrected chi connectivity index (χ0v) is 12.1. The van der Waals surface area contributed by atoms with Gasteiger partial charge >= 0.3 is 0 Å². The van der Waals surface area contributed by atoms with Gasteiger partial charge in [-0.2, -0.15) is 0 Å². The molecule has 0 saturated carbocycles. The van der Waals surface area contributed by atoms with E-state index in [4.69, 9.17) is 9.47 Å². The first kappa shape index (κ1) is 12.8. The first-order valence-electron chi connectivity index (χ1n) is 4.93. The summed E-state index contributed by atoms with van der Waals surface area (Å²) in [5, 5.41) is 1.07. The molecule has 1 rings (SSSR count). The van der Waals surface area contributed by atoms with Gasteiger partial charge in [-0.3, -0.25) is 0 Å². The topological polar surface area (TPSA) is 18.5 Å². The maximum Gasteiger partial charge on any atom is 0.164 e. The number of halogens is 1. The van der Waals surface area contributed by atoms with Crippen molar-refractivity contribution in [1.82, 2.24) is 0 Å². The average molecular weight is 333 g/mol. The van der Waals surface area contributed by atoms with Gasteiger partial charge in [-0.05, 0) is 19.9 Å². The molecule has 0 fully saturated rings. The summed E-state index contributed by atoms with van der Waals surface area (Å²) in [7, 11) is 3.57. The zero-order valence-electron chi connectivity index (χ0n) is 8.97. The Morgan fingerprint density at radius 1 is 1.20 bits per heavy atom. The number of hydrogen-bond donors (Lipinski definition) is 0. The number of rotatable bonds is 5. The highest BCUT2D eigenvalue weighted by molar-refractivity contribution is 14.1. The van der Waals surface area contributed by atoms with Crippen molar-refractivity contribution in [3.63, 3.8) is 0 Å². The molecule has 1 aromatic carbocycles. The highest BCUT2D eigenvalue weighted by atomic mass is 127. The van der Waals surface area contributed by atoms with Gasteiger partial charge in [-0.15, -0.1) is 0 Å². The molecule has 0 aliphatic carbocycles. The summed E-state index contributed by atoms with van der Waals surface area (Å²) in [5.41, 5.74) is 1.15. The third kappa shape index (κ3) is 3.11. The smallest absolute Gasteiger partial charge is 0.164 e. The van der Waals surface area contributed by atoms with Crippen LogP contribution < -0.4 is 14.7 Å². The first-order valence-corrected chi connectivity index (χ1v) is 6.96. The van der Waals surface area contributed by atoms with Gasteiger partial charge in [0.15, 0.2) is 11.5 Å². The third-order valence-electron chi connectivity index (χ3n) is 1.95. The van der Waals surface area contributed by atoms with Crippen LogP contribution in [-0.2, 0) is 4.43 Å². The molecule has 15 heavy (non-hydrogen) atoms. The quantitative estimate of drug-likeness (QED) is 0.467. The Bertz CT molecular complexity index is 329. The van der Waals surface area contributed by atoms with Crippen molar-refractivity contribution in [3.8, 4) is 11.5 Å². The van der Waals surface area contributed by atoms with Gasteiger partial charge in [0.2, 0.25) is 0 Å². The van der Waals surface area contributed by atoms with Crippen LogP contribution in [0.2, 0.25) is 0 Å². The van der Waals surface area contributed by atoms with Gasteiger partial charge in [-0.25, -0.2) is 0 Å². The van der Waals surface area contributed by atoms with E-state index in [1.54, 1.807) is 0 Å². The van der Waals surface area contributed by atoms with Crippen molar-refractivity contribution in [2.24, 2.45) is 0 Å². The van der Waals surface area contributed by atoms with Gasteiger partial charge in [0.1, 0.15) is 0 Å². The average Bonchev–Trinajstić information content (AvgIpc) is 2.23. The van der Waals surface area contributed by atoms with E-state index < -0.39 is 0 Å². The maximum absolute atomic E-state index is 5.63. The highest BCUT2D eigenvalue weighted by Crippen LogP contribution is 2.31. The molecule has 0 saturated heterocycles. The van der Waals surface area contributed by atoms with Crippen LogP contribution in [0.15, 0.2) is 12.1 Å². The number of hydrogen-bond acceptors (Lipinski definition) is 2. The molecule has 0 N–H and O–H groups in total. The predicted octanol–water partition coefficient (Wildman–Crippen LogP) is 2.21. The van der Waals surface area contributed by atoms with Crippen LogP contribution in [-0.4, -0.2) is 23.5 Å². The third-order valence-corrected chi connectivity index (χ3v) is 3.18. The summed E-state index contributed by atoms with van der Waals surface area (Å²) in [6, 6.07) is 3.94. The second-order valence-corrected chi connectivity index (χ2v) is 4.22. The Morgan fingerprint density at radius 3 is 2.40 bits per heavy atom. The van der Waals surface area contributed by atoms with Crippen LogP contribution in [0.1, 0.15) is 19.4 Å². The Kier molecular flexibility index (Phi) is 5.45. The molecule has 0 aliphatic heterocycles. The molecule has 4 heteroatoms. The second-order valence-electron chi connectivity index (χ2n) is 2.92. The van der Waals surface area contributed by atoms with E-state index in [-0.39, 0.29) is 0 Å². The summed E-state index contributed by atoms with van der Waals surface area (Å²) in [6.07, 6.45) is 0. The van der Waals surface area contributed by atoms with Crippen LogP contribution in [0.5, 0.6) is 11.5 Å².